The molecule has 28 heavy (non-hydrogen) atoms. The number of amides is 2. The summed E-state index contributed by atoms with van der Waals surface area (Å²) in [5.41, 5.74) is 1.46. The van der Waals surface area contributed by atoms with Crippen LogP contribution in [0.25, 0.3) is 0 Å². The van der Waals surface area contributed by atoms with Gasteiger partial charge < -0.3 is 15.7 Å². The highest BCUT2D eigenvalue weighted by Crippen LogP contribution is 2.42. The molecular weight excluding hydrogens is 356 g/mol. The lowest BCUT2D eigenvalue weighted by molar-refractivity contribution is -0.138. The molecule has 0 bridgehead atoms. The molecule has 2 aromatic carbocycles. The number of carboxylic acid groups (broad SMARTS) is 1. The fourth-order valence-corrected chi connectivity index (χ4v) is 3.68. The fraction of sp³-hybridized carbons (Fsp3) is 0.318. The van der Waals surface area contributed by atoms with Gasteiger partial charge >= 0.3 is 5.97 Å². The Labute approximate surface area is 164 Å². The Morgan fingerprint density at radius 1 is 0.964 bits per heavy atom. The van der Waals surface area contributed by atoms with E-state index < -0.39 is 23.3 Å². The molecule has 1 fully saturated rings. The molecule has 1 aliphatic carbocycles. The number of rotatable bonds is 6. The van der Waals surface area contributed by atoms with E-state index in [0.717, 1.165) is 31.2 Å². The highest BCUT2D eigenvalue weighted by Gasteiger charge is 2.42. The van der Waals surface area contributed by atoms with Crippen molar-refractivity contribution in [2.24, 2.45) is 0 Å². The molecule has 0 aliphatic heterocycles. The largest absolute Gasteiger partial charge is 0.480 e. The Morgan fingerprint density at radius 3 is 2.14 bits per heavy atom. The monoisotopic (exact) mass is 380 g/mol. The molecule has 2 aromatic rings. The second-order valence-electron chi connectivity index (χ2n) is 7.22. The SMILES string of the molecule is CC(NC(=O)c1ccc(NC(=O)C2(c3ccccc3)CCCC2)cc1)C(=O)O. The van der Waals surface area contributed by atoms with Crippen LogP contribution >= 0.6 is 0 Å². The molecule has 1 unspecified atom stereocenters. The summed E-state index contributed by atoms with van der Waals surface area (Å²) in [5.74, 6) is -1.60. The van der Waals surface area contributed by atoms with Gasteiger partial charge in [0, 0.05) is 11.3 Å². The molecule has 0 spiro atoms. The van der Waals surface area contributed by atoms with Crippen molar-refractivity contribution in [3.05, 3.63) is 65.7 Å². The predicted octanol–water partition coefficient (Wildman–Crippen LogP) is 3.34. The third kappa shape index (κ3) is 4.06. The summed E-state index contributed by atoms with van der Waals surface area (Å²) in [4.78, 5) is 36.0. The standard InChI is InChI=1S/C22H24N2O4/c1-15(20(26)27)23-19(25)16-9-11-18(12-10-16)24-21(28)22(13-5-6-14-22)17-7-3-2-4-8-17/h2-4,7-12,15H,5-6,13-14H2,1H3,(H,23,25)(H,24,28)(H,26,27). The maximum atomic E-state index is 13.1. The molecule has 0 saturated heterocycles. The summed E-state index contributed by atoms with van der Waals surface area (Å²) < 4.78 is 0. The molecular formula is C22H24N2O4. The second-order valence-corrected chi connectivity index (χ2v) is 7.22. The second kappa shape index (κ2) is 8.25. The zero-order valence-electron chi connectivity index (χ0n) is 15.8. The molecule has 6 heteroatoms. The Morgan fingerprint density at radius 2 is 1.57 bits per heavy atom. The maximum absolute atomic E-state index is 13.1. The summed E-state index contributed by atoms with van der Waals surface area (Å²) in [6.45, 7) is 1.40. The van der Waals surface area contributed by atoms with Gasteiger partial charge in [0.2, 0.25) is 5.91 Å². The van der Waals surface area contributed by atoms with Gasteiger partial charge in [0.25, 0.3) is 5.91 Å². The lowest BCUT2D eigenvalue weighted by Crippen LogP contribution is -2.38. The van der Waals surface area contributed by atoms with E-state index in [4.69, 9.17) is 5.11 Å². The van der Waals surface area contributed by atoms with E-state index in [1.165, 1.54) is 6.92 Å². The quantitative estimate of drug-likeness (QED) is 0.716. The highest BCUT2D eigenvalue weighted by molar-refractivity contribution is 6.00. The number of aliphatic carboxylic acids is 1. The van der Waals surface area contributed by atoms with Crippen LogP contribution in [0.3, 0.4) is 0 Å². The normalized spacial score (nSPS) is 16.2. The first-order valence-corrected chi connectivity index (χ1v) is 9.43. The first kappa shape index (κ1) is 19.6. The molecule has 0 aromatic heterocycles. The first-order chi connectivity index (χ1) is 13.4. The molecule has 0 heterocycles. The van der Waals surface area contributed by atoms with Crippen LogP contribution in [0.1, 0.15) is 48.5 Å². The van der Waals surface area contributed by atoms with Crippen LogP contribution < -0.4 is 10.6 Å². The van der Waals surface area contributed by atoms with Crippen LogP contribution in [0.15, 0.2) is 54.6 Å². The fourth-order valence-electron chi connectivity index (χ4n) is 3.68. The Kier molecular flexibility index (Phi) is 5.78. The van der Waals surface area contributed by atoms with Gasteiger partial charge in [-0.15, -0.1) is 0 Å². The number of hydrogen-bond acceptors (Lipinski definition) is 3. The van der Waals surface area contributed by atoms with Crippen molar-refractivity contribution in [1.82, 2.24) is 5.32 Å². The predicted molar refractivity (Wildman–Crippen MR) is 106 cm³/mol. The average molecular weight is 380 g/mol. The summed E-state index contributed by atoms with van der Waals surface area (Å²) in [7, 11) is 0. The van der Waals surface area contributed by atoms with Crippen molar-refractivity contribution < 1.29 is 19.5 Å². The van der Waals surface area contributed by atoms with Crippen molar-refractivity contribution in [2.75, 3.05) is 5.32 Å². The van der Waals surface area contributed by atoms with Crippen LogP contribution in [0.5, 0.6) is 0 Å². The zero-order valence-corrected chi connectivity index (χ0v) is 15.8. The van der Waals surface area contributed by atoms with Crippen LogP contribution in [-0.2, 0) is 15.0 Å². The number of carbonyl (C=O) groups is 3. The van der Waals surface area contributed by atoms with E-state index in [0.29, 0.717) is 11.3 Å². The van der Waals surface area contributed by atoms with Crippen molar-refractivity contribution >= 4 is 23.5 Å². The topological polar surface area (TPSA) is 95.5 Å². The van der Waals surface area contributed by atoms with E-state index >= 15 is 0 Å². The molecule has 146 valence electrons. The number of benzene rings is 2. The van der Waals surface area contributed by atoms with E-state index in [1.54, 1.807) is 24.3 Å². The van der Waals surface area contributed by atoms with Gasteiger partial charge in [-0.05, 0) is 49.6 Å². The van der Waals surface area contributed by atoms with Crippen LogP contribution in [0.2, 0.25) is 0 Å². The molecule has 6 nitrogen and oxygen atoms in total. The smallest absolute Gasteiger partial charge is 0.325 e. The summed E-state index contributed by atoms with van der Waals surface area (Å²) in [5, 5.41) is 14.3. The Bertz CT molecular complexity index is 856. The van der Waals surface area contributed by atoms with E-state index in [9.17, 15) is 14.4 Å². The van der Waals surface area contributed by atoms with E-state index in [1.807, 2.05) is 30.3 Å². The number of carboxylic acids is 1. The summed E-state index contributed by atoms with van der Waals surface area (Å²) in [6.07, 6.45) is 3.67. The van der Waals surface area contributed by atoms with Crippen molar-refractivity contribution in [3.63, 3.8) is 0 Å². The molecule has 2 amide bonds. The zero-order chi connectivity index (χ0) is 20.1. The molecule has 1 saturated carbocycles. The minimum absolute atomic E-state index is 0.0344. The first-order valence-electron chi connectivity index (χ1n) is 9.43. The molecule has 1 atom stereocenters. The highest BCUT2D eigenvalue weighted by atomic mass is 16.4. The van der Waals surface area contributed by atoms with Crippen molar-refractivity contribution in [1.29, 1.82) is 0 Å². The Balaban J connectivity index is 1.72. The molecule has 3 N–H and O–H groups in total. The number of carbonyl (C=O) groups excluding carboxylic acids is 2. The molecule has 1 aliphatic rings. The van der Waals surface area contributed by atoms with Gasteiger partial charge in [0.1, 0.15) is 6.04 Å². The third-order valence-electron chi connectivity index (χ3n) is 5.34. The lowest BCUT2D eigenvalue weighted by Gasteiger charge is -2.28. The molecule has 0 radical (unpaired) electrons. The van der Waals surface area contributed by atoms with Crippen LogP contribution in [-0.4, -0.2) is 28.9 Å². The van der Waals surface area contributed by atoms with Crippen molar-refractivity contribution in [3.8, 4) is 0 Å². The number of nitrogens with one attached hydrogen (secondary N) is 2. The summed E-state index contributed by atoms with van der Waals surface area (Å²) >= 11 is 0. The summed E-state index contributed by atoms with van der Waals surface area (Å²) in [6, 6.07) is 15.3. The maximum Gasteiger partial charge on any atom is 0.325 e. The van der Waals surface area contributed by atoms with Crippen LogP contribution in [0, 0.1) is 0 Å². The number of anilines is 1. The van der Waals surface area contributed by atoms with Gasteiger partial charge in [0.15, 0.2) is 0 Å². The Hall–Kier alpha value is -3.15. The van der Waals surface area contributed by atoms with Gasteiger partial charge in [-0.3, -0.25) is 14.4 Å². The van der Waals surface area contributed by atoms with Gasteiger partial charge in [-0.25, -0.2) is 0 Å². The van der Waals surface area contributed by atoms with Crippen molar-refractivity contribution in [2.45, 2.75) is 44.1 Å². The van der Waals surface area contributed by atoms with Gasteiger partial charge in [0.05, 0.1) is 5.41 Å². The van der Waals surface area contributed by atoms with Gasteiger partial charge in [-0.1, -0.05) is 43.2 Å². The van der Waals surface area contributed by atoms with E-state index in [2.05, 4.69) is 10.6 Å². The third-order valence-corrected chi connectivity index (χ3v) is 5.34. The van der Waals surface area contributed by atoms with Crippen LogP contribution in [0.4, 0.5) is 5.69 Å². The number of hydrogen-bond donors (Lipinski definition) is 3. The lowest BCUT2D eigenvalue weighted by atomic mass is 9.78. The minimum atomic E-state index is -1.10. The molecule has 3 rings (SSSR count). The average Bonchev–Trinajstić information content (AvgIpc) is 3.20. The van der Waals surface area contributed by atoms with E-state index in [-0.39, 0.29) is 5.91 Å². The minimum Gasteiger partial charge on any atom is -0.480 e. The van der Waals surface area contributed by atoms with Gasteiger partial charge in [-0.2, -0.15) is 0 Å².